The van der Waals surface area contributed by atoms with Gasteiger partial charge in [0.05, 0.1) is 12.2 Å². The number of carbonyl (C=O) groups is 1. The van der Waals surface area contributed by atoms with Gasteiger partial charge in [0.25, 0.3) is 0 Å². The fourth-order valence-electron chi connectivity index (χ4n) is 5.08. The lowest BCUT2D eigenvalue weighted by Crippen LogP contribution is -2.53. The standard InChI is InChI=1S/C21H32FN3O3/c1-3-25(4-2)20(18-8-7-16(22)14-19(18)28-25)17(6-5-13-27-21(23)26)15-9-11-24-12-10-15/h7-8,14-15,17,20,24H,3-6,9-13H2,1-2H3,(H-,23,26)/p+1. The van der Waals surface area contributed by atoms with Crippen LogP contribution in [0.2, 0.25) is 0 Å². The number of halogens is 1. The van der Waals surface area contributed by atoms with E-state index in [1.54, 1.807) is 0 Å². The summed E-state index contributed by atoms with van der Waals surface area (Å²) in [6.45, 7) is 8.26. The van der Waals surface area contributed by atoms with Gasteiger partial charge in [-0.15, -0.1) is 4.65 Å². The summed E-state index contributed by atoms with van der Waals surface area (Å²) in [6.07, 6.45) is 3.18. The van der Waals surface area contributed by atoms with Gasteiger partial charge in [-0.05, 0) is 70.7 Å². The Kier molecular flexibility index (Phi) is 6.78. The van der Waals surface area contributed by atoms with E-state index in [0.29, 0.717) is 28.8 Å². The number of amides is 1. The normalized spacial score (nSPS) is 22.3. The Morgan fingerprint density at radius 2 is 2.07 bits per heavy atom. The highest BCUT2D eigenvalue weighted by molar-refractivity contribution is 5.64. The zero-order chi connectivity index (χ0) is 20.1. The first kappa shape index (κ1) is 20.9. The first-order valence-electron chi connectivity index (χ1n) is 10.5. The second kappa shape index (κ2) is 9.09. The van der Waals surface area contributed by atoms with Crippen molar-refractivity contribution in [3.63, 3.8) is 0 Å². The molecule has 7 heteroatoms. The molecule has 156 valence electrons. The van der Waals surface area contributed by atoms with Gasteiger partial charge in [-0.2, -0.15) is 0 Å². The van der Waals surface area contributed by atoms with Crippen LogP contribution in [0.1, 0.15) is 51.1 Å². The van der Waals surface area contributed by atoms with Crippen molar-refractivity contribution in [3.05, 3.63) is 29.6 Å². The molecule has 1 fully saturated rings. The van der Waals surface area contributed by atoms with Gasteiger partial charge >= 0.3 is 6.09 Å². The number of nitrogens with zero attached hydrogens (tertiary/aromatic N) is 1. The molecular formula is C21H33FN3O3+. The molecule has 0 saturated carbocycles. The molecule has 0 aliphatic carbocycles. The van der Waals surface area contributed by atoms with Gasteiger partial charge in [0.1, 0.15) is 18.9 Å². The SMILES string of the molecule is CC[N+]1(CC)Oc2cc(F)ccc2C1C(CCCOC(N)=O)C1CCNCC1. The Labute approximate surface area is 166 Å². The minimum atomic E-state index is -0.726. The Balaban J connectivity index is 1.91. The van der Waals surface area contributed by atoms with Crippen molar-refractivity contribution in [1.29, 1.82) is 0 Å². The first-order valence-corrected chi connectivity index (χ1v) is 10.5. The predicted octanol–water partition coefficient (Wildman–Crippen LogP) is 3.52. The van der Waals surface area contributed by atoms with Crippen LogP contribution in [0.4, 0.5) is 9.18 Å². The second-order valence-corrected chi connectivity index (χ2v) is 7.86. The second-order valence-electron chi connectivity index (χ2n) is 7.86. The fraction of sp³-hybridized carbons (Fsp3) is 0.667. The van der Waals surface area contributed by atoms with E-state index in [9.17, 15) is 9.18 Å². The van der Waals surface area contributed by atoms with Gasteiger partial charge in [0.2, 0.25) is 5.75 Å². The third-order valence-electron chi connectivity index (χ3n) is 6.47. The number of nitrogens with one attached hydrogen (secondary N) is 1. The van der Waals surface area contributed by atoms with E-state index >= 15 is 0 Å². The highest BCUT2D eigenvalue weighted by atomic mass is 19.1. The number of hydrogen-bond acceptors (Lipinski definition) is 4. The quantitative estimate of drug-likeness (QED) is 0.523. The summed E-state index contributed by atoms with van der Waals surface area (Å²) in [6, 6.07) is 5.11. The van der Waals surface area contributed by atoms with Gasteiger partial charge < -0.3 is 20.6 Å². The summed E-state index contributed by atoms with van der Waals surface area (Å²) in [5, 5.41) is 3.45. The number of piperidine rings is 1. The van der Waals surface area contributed by atoms with Crippen LogP contribution in [-0.2, 0) is 4.74 Å². The number of hydroxylamine groups is 3. The number of carbonyl (C=O) groups excluding carboxylic acids is 1. The largest absolute Gasteiger partial charge is 0.450 e. The van der Waals surface area contributed by atoms with Crippen LogP contribution >= 0.6 is 0 Å². The molecule has 1 amide bonds. The molecule has 0 aromatic heterocycles. The van der Waals surface area contributed by atoms with E-state index in [1.807, 2.05) is 6.07 Å². The lowest BCUT2D eigenvalue weighted by molar-refractivity contribution is -1.09. The molecule has 1 aromatic rings. The minimum absolute atomic E-state index is 0.155. The number of ether oxygens (including phenoxy) is 1. The molecule has 0 radical (unpaired) electrons. The topological polar surface area (TPSA) is 73.6 Å². The van der Waals surface area contributed by atoms with Gasteiger partial charge in [-0.3, -0.25) is 0 Å². The van der Waals surface area contributed by atoms with Gasteiger partial charge in [0, 0.05) is 12.0 Å². The molecule has 3 N–H and O–H groups in total. The summed E-state index contributed by atoms with van der Waals surface area (Å²) < 4.78 is 19.3. The predicted molar refractivity (Wildman–Crippen MR) is 105 cm³/mol. The number of fused-ring (bicyclic) bond motifs is 1. The van der Waals surface area contributed by atoms with Crippen LogP contribution in [0.3, 0.4) is 0 Å². The Hall–Kier alpha value is -1.86. The molecule has 2 aliphatic heterocycles. The molecule has 3 rings (SSSR count). The molecular weight excluding hydrogens is 361 g/mol. The van der Waals surface area contributed by atoms with Gasteiger partial charge in [-0.25, -0.2) is 9.18 Å². The number of quaternary nitrogens is 1. The molecule has 2 heterocycles. The third kappa shape index (κ3) is 4.25. The van der Waals surface area contributed by atoms with Gasteiger partial charge in [-0.1, -0.05) is 0 Å². The summed E-state index contributed by atoms with van der Waals surface area (Å²) in [5.41, 5.74) is 6.21. The summed E-state index contributed by atoms with van der Waals surface area (Å²) in [4.78, 5) is 17.3. The maximum absolute atomic E-state index is 13.9. The van der Waals surface area contributed by atoms with E-state index in [-0.39, 0.29) is 11.9 Å². The van der Waals surface area contributed by atoms with Crippen LogP contribution < -0.4 is 15.9 Å². The molecule has 1 saturated heterocycles. The number of benzene rings is 1. The van der Waals surface area contributed by atoms with Crippen LogP contribution in [-0.4, -0.2) is 43.5 Å². The van der Waals surface area contributed by atoms with Crippen LogP contribution in [0.15, 0.2) is 18.2 Å². The molecule has 6 nitrogen and oxygen atoms in total. The monoisotopic (exact) mass is 394 g/mol. The zero-order valence-electron chi connectivity index (χ0n) is 17.0. The Bertz CT molecular complexity index is 675. The molecule has 1 aromatic carbocycles. The van der Waals surface area contributed by atoms with Crippen molar-refractivity contribution in [1.82, 2.24) is 5.32 Å². The fourth-order valence-corrected chi connectivity index (χ4v) is 5.08. The molecule has 0 bridgehead atoms. The molecule has 2 atom stereocenters. The summed E-state index contributed by atoms with van der Waals surface area (Å²) >= 11 is 0. The third-order valence-corrected chi connectivity index (χ3v) is 6.47. The van der Waals surface area contributed by atoms with Gasteiger partial charge in [0.15, 0.2) is 6.04 Å². The molecule has 2 aliphatic rings. The average Bonchev–Trinajstić information content (AvgIpc) is 3.02. The van der Waals surface area contributed by atoms with E-state index < -0.39 is 6.09 Å². The maximum atomic E-state index is 13.9. The van der Waals surface area contributed by atoms with Crippen molar-refractivity contribution in [2.24, 2.45) is 17.6 Å². The van der Waals surface area contributed by atoms with Crippen molar-refractivity contribution in [3.8, 4) is 5.75 Å². The lowest BCUT2D eigenvalue weighted by atomic mass is 9.75. The number of hydrogen-bond donors (Lipinski definition) is 2. The van der Waals surface area contributed by atoms with Crippen molar-refractivity contribution >= 4 is 6.09 Å². The van der Waals surface area contributed by atoms with E-state index in [1.165, 1.54) is 12.1 Å². The smallest absolute Gasteiger partial charge is 0.404 e. The molecule has 28 heavy (non-hydrogen) atoms. The highest BCUT2D eigenvalue weighted by Crippen LogP contribution is 2.51. The maximum Gasteiger partial charge on any atom is 0.404 e. The zero-order valence-corrected chi connectivity index (χ0v) is 17.0. The Morgan fingerprint density at radius 3 is 2.71 bits per heavy atom. The van der Waals surface area contributed by atoms with Crippen LogP contribution in [0, 0.1) is 17.7 Å². The summed E-state index contributed by atoms with van der Waals surface area (Å²) in [7, 11) is 0. The molecule has 0 spiro atoms. The number of rotatable bonds is 8. The van der Waals surface area contributed by atoms with E-state index in [2.05, 4.69) is 19.2 Å². The lowest BCUT2D eigenvalue weighted by Gasteiger charge is -2.42. The van der Waals surface area contributed by atoms with Crippen LogP contribution in [0.25, 0.3) is 0 Å². The van der Waals surface area contributed by atoms with E-state index in [0.717, 1.165) is 57.4 Å². The van der Waals surface area contributed by atoms with E-state index in [4.69, 9.17) is 15.3 Å². The minimum Gasteiger partial charge on any atom is -0.450 e. The van der Waals surface area contributed by atoms with Crippen molar-refractivity contribution in [2.45, 2.75) is 45.6 Å². The first-order chi connectivity index (χ1) is 13.5. The molecule has 2 unspecified atom stereocenters. The summed E-state index contributed by atoms with van der Waals surface area (Å²) in [5.74, 6) is 1.32. The average molecular weight is 395 g/mol. The van der Waals surface area contributed by atoms with Crippen LogP contribution in [0.5, 0.6) is 5.75 Å². The van der Waals surface area contributed by atoms with Crippen molar-refractivity contribution < 1.29 is 23.4 Å². The number of nitrogens with two attached hydrogens (primary N) is 1. The Morgan fingerprint density at radius 1 is 1.36 bits per heavy atom. The van der Waals surface area contributed by atoms with Crippen molar-refractivity contribution in [2.75, 3.05) is 32.8 Å². The highest BCUT2D eigenvalue weighted by Gasteiger charge is 2.52. The number of primary amides is 1.